The van der Waals surface area contributed by atoms with Gasteiger partial charge in [-0.15, -0.1) is 0 Å². The number of hydrogen-bond acceptors (Lipinski definition) is 8. The lowest BCUT2D eigenvalue weighted by Gasteiger charge is -2.40. The highest BCUT2D eigenvalue weighted by Crippen LogP contribution is 2.61. The summed E-state index contributed by atoms with van der Waals surface area (Å²) in [4.78, 5) is 18.4. The average molecular weight is 536 g/mol. The van der Waals surface area contributed by atoms with Gasteiger partial charge in [-0.25, -0.2) is 14.4 Å². The first-order valence-corrected chi connectivity index (χ1v) is 14.3. The van der Waals surface area contributed by atoms with E-state index in [0.29, 0.717) is 43.6 Å². The van der Waals surface area contributed by atoms with E-state index in [0.717, 1.165) is 16.7 Å². The molecule has 0 bridgehead atoms. The van der Waals surface area contributed by atoms with E-state index in [1.807, 2.05) is 6.07 Å². The molecular weight excluding hydrogens is 505 g/mol. The zero-order valence-corrected chi connectivity index (χ0v) is 22.7. The number of aliphatic imine (C=N–C) groups is 1. The first-order chi connectivity index (χ1) is 18.2. The van der Waals surface area contributed by atoms with Crippen LogP contribution in [0.5, 0.6) is 0 Å². The Labute approximate surface area is 221 Å². The number of nitrogens with zero attached hydrogens (tertiary/aromatic N) is 5. The minimum atomic E-state index is -3.01. The van der Waals surface area contributed by atoms with E-state index >= 15 is 0 Å². The molecule has 0 spiro atoms. The maximum absolute atomic E-state index is 11.6. The Kier molecular flexibility index (Phi) is 5.94. The van der Waals surface area contributed by atoms with Crippen LogP contribution in [0.1, 0.15) is 32.1 Å². The van der Waals surface area contributed by atoms with Gasteiger partial charge in [0.1, 0.15) is 0 Å². The third-order valence-corrected chi connectivity index (χ3v) is 11.0. The second-order valence-corrected chi connectivity index (χ2v) is 12.9. The zero-order valence-electron chi connectivity index (χ0n) is 21.8. The van der Waals surface area contributed by atoms with Crippen molar-refractivity contribution in [1.82, 2.24) is 4.67 Å². The lowest BCUT2D eigenvalue weighted by atomic mass is 9.81. The molecule has 10 nitrogen and oxygen atoms in total. The highest BCUT2D eigenvalue weighted by Gasteiger charge is 2.46. The van der Waals surface area contributed by atoms with Crippen LogP contribution in [-0.4, -0.2) is 54.9 Å². The largest absolute Gasteiger partial charge is 0.459 e. The number of likely N-dealkylation sites (N-methyl/N-ethyl adjacent to an activating group) is 1. The first kappa shape index (κ1) is 24.9. The number of hydrogen-bond donors (Lipinski definition) is 0. The van der Waals surface area contributed by atoms with Crippen molar-refractivity contribution < 1.29 is 18.6 Å². The predicted molar refractivity (Wildman–Crippen MR) is 147 cm³/mol. The molecule has 1 saturated heterocycles. The fourth-order valence-corrected chi connectivity index (χ4v) is 8.43. The molecule has 0 radical (unpaired) electrons. The van der Waals surface area contributed by atoms with Gasteiger partial charge in [0.25, 0.3) is 11.6 Å². The van der Waals surface area contributed by atoms with Gasteiger partial charge in [-0.3, -0.25) is 10.1 Å². The lowest BCUT2D eigenvalue weighted by Crippen LogP contribution is -2.39. The van der Waals surface area contributed by atoms with Crippen molar-refractivity contribution in [2.75, 3.05) is 38.3 Å². The van der Waals surface area contributed by atoms with Gasteiger partial charge in [0.2, 0.25) is 7.43 Å². The summed E-state index contributed by atoms with van der Waals surface area (Å²) in [6.07, 6.45) is 1.59. The van der Waals surface area contributed by atoms with Crippen LogP contribution in [0.3, 0.4) is 0 Å². The molecule has 38 heavy (non-hydrogen) atoms. The van der Waals surface area contributed by atoms with E-state index < -0.39 is 12.4 Å². The Bertz CT molecular complexity index is 1490. The topological polar surface area (TPSA) is 106 Å². The molecule has 4 heterocycles. The Morgan fingerprint density at radius 2 is 1.95 bits per heavy atom. The van der Waals surface area contributed by atoms with Crippen LogP contribution in [0.2, 0.25) is 0 Å². The smallest absolute Gasteiger partial charge is 0.271 e. The molecule has 0 amide bonds. The number of morpholine rings is 1. The monoisotopic (exact) mass is 535 g/mol. The molecule has 1 aromatic heterocycles. The fraction of sp³-hybridized carbons (Fsp3) is 0.370. The standard InChI is InChI=1S/C27H30N5O5P/c1-18-27(2,3)21-16-25-22(17-23(21)30(18)4)28-26(24-9-6-12-36-24)37-38(25,31-10-13-35-14-11-31)29-19-7-5-8-20(15-19)32(33)34/h5-9,12,15-18H,10-11,13-14H2,1-4H3/t18-,38+/m1/s1. The Hall–Kier alpha value is -3.46. The zero-order chi connectivity index (χ0) is 26.7. The summed E-state index contributed by atoms with van der Waals surface area (Å²) in [5, 5.41) is 12.5. The Balaban J connectivity index is 1.66. The van der Waals surface area contributed by atoms with Gasteiger partial charge >= 0.3 is 0 Å². The van der Waals surface area contributed by atoms with Crippen molar-refractivity contribution in [3.05, 3.63) is 76.2 Å². The Morgan fingerprint density at radius 1 is 1.16 bits per heavy atom. The number of nitro benzene ring substituents is 1. The van der Waals surface area contributed by atoms with E-state index in [2.05, 4.69) is 49.5 Å². The fourth-order valence-electron chi connectivity index (χ4n) is 5.41. The van der Waals surface area contributed by atoms with Crippen molar-refractivity contribution in [3.8, 4) is 0 Å². The van der Waals surface area contributed by atoms with Gasteiger partial charge in [-0.05, 0) is 42.8 Å². The lowest BCUT2D eigenvalue weighted by molar-refractivity contribution is -0.384. The minimum Gasteiger partial charge on any atom is -0.459 e. The maximum Gasteiger partial charge on any atom is 0.271 e. The molecule has 2 atom stereocenters. The maximum atomic E-state index is 11.6. The molecule has 0 saturated carbocycles. The highest BCUT2D eigenvalue weighted by atomic mass is 31.2. The molecule has 0 N–H and O–H groups in total. The van der Waals surface area contributed by atoms with Crippen molar-refractivity contribution in [3.63, 3.8) is 0 Å². The molecule has 198 valence electrons. The summed E-state index contributed by atoms with van der Waals surface area (Å²) in [5.41, 5.74) is 3.45. The summed E-state index contributed by atoms with van der Waals surface area (Å²) >= 11 is 0. The van der Waals surface area contributed by atoms with Crippen molar-refractivity contribution in [1.29, 1.82) is 0 Å². The first-order valence-electron chi connectivity index (χ1n) is 12.6. The molecule has 3 aromatic rings. The number of fused-ring (bicyclic) bond motifs is 2. The minimum absolute atomic E-state index is 0.0194. The van der Waals surface area contributed by atoms with Crippen LogP contribution in [-0.2, 0) is 14.7 Å². The van der Waals surface area contributed by atoms with Crippen LogP contribution < -0.4 is 10.2 Å². The van der Waals surface area contributed by atoms with Crippen LogP contribution in [0.15, 0.2) is 68.9 Å². The van der Waals surface area contributed by atoms with Crippen LogP contribution in [0.4, 0.5) is 22.7 Å². The SMILES string of the molecule is C[C@H]1N(C)c2cc3c(cc2C1(C)C)[P@](=Nc1cccc([N+](=O)[O-])c1)(N1CCOCC1)OC(c1ccco1)=N3. The second-order valence-electron chi connectivity index (χ2n) is 10.3. The second kappa shape index (κ2) is 9.08. The third kappa shape index (κ3) is 3.86. The number of benzene rings is 2. The molecule has 11 heteroatoms. The van der Waals surface area contributed by atoms with E-state index in [9.17, 15) is 10.1 Å². The predicted octanol–water partition coefficient (Wildman–Crippen LogP) is 5.73. The molecule has 6 rings (SSSR count). The summed E-state index contributed by atoms with van der Waals surface area (Å²) in [5.74, 6) is 0.856. The van der Waals surface area contributed by atoms with E-state index in [1.165, 1.54) is 17.7 Å². The molecule has 3 aliphatic rings. The van der Waals surface area contributed by atoms with Gasteiger partial charge in [-0.2, -0.15) is 0 Å². The third-order valence-electron chi connectivity index (χ3n) is 7.94. The number of nitro groups is 1. The average Bonchev–Trinajstić information content (AvgIpc) is 3.52. The Morgan fingerprint density at radius 3 is 2.66 bits per heavy atom. The van der Waals surface area contributed by atoms with E-state index in [-0.39, 0.29) is 17.1 Å². The summed E-state index contributed by atoms with van der Waals surface area (Å²) in [6, 6.07) is 14.6. The van der Waals surface area contributed by atoms with Crippen molar-refractivity contribution in [2.45, 2.75) is 32.2 Å². The van der Waals surface area contributed by atoms with E-state index in [4.69, 9.17) is 23.4 Å². The van der Waals surface area contributed by atoms with Gasteiger partial charge in [0.05, 0.1) is 41.1 Å². The molecule has 3 aliphatic heterocycles. The molecule has 0 aliphatic carbocycles. The van der Waals surface area contributed by atoms with Gasteiger partial charge in [-0.1, -0.05) is 19.9 Å². The quantitative estimate of drug-likeness (QED) is 0.239. The summed E-state index contributed by atoms with van der Waals surface area (Å²) < 4.78 is 25.7. The van der Waals surface area contributed by atoms with Crippen LogP contribution >= 0.6 is 7.43 Å². The highest BCUT2D eigenvalue weighted by molar-refractivity contribution is 7.68. The molecule has 1 fully saturated rings. The molecule has 2 aromatic carbocycles. The number of non-ortho nitro benzene ring substituents is 1. The summed E-state index contributed by atoms with van der Waals surface area (Å²) in [6.45, 7) is 9.01. The van der Waals surface area contributed by atoms with Crippen molar-refractivity contribution in [2.24, 2.45) is 9.74 Å². The van der Waals surface area contributed by atoms with Crippen molar-refractivity contribution >= 4 is 41.4 Å². The van der Waals surface area contributed by atoms with Gasteiger partial charge < -0.3 is 18.6 Å². The van der Waals surface area contributed by atoms with Gasteiger partial charge in [0, 0.05) is 49.4 Å². The number of furan rings is 1. The molecular formula is C27H30N5O5P. The van der Waals surface area contributed by atoms with Gasteiger partial charge in [0.15, 0.2) is 5.76 Å². The number of rotatable bonds is 4. The van der Waals surface area contributed by atoms with E-state index in [1.54, 1.807) is 24.5 Å². The van der Waals surface area contributed by atoms with Crippen LogP contribution in [0.25, 0.3) is 0 Å². The normalized spacial score (nSPS) is 24.3. The van der Waals surface area contributed by atoms with Crippen LogP contribution in [0, 0.1) is 10.1 Å². The number of anilines is 1. The summed E-state index contributed by atoms with van der Waals surface area (Å²) in [7, 11) is -0.896. The molecule has 0 unspecified atom stereocenters. The number of ether oxygens (including phenoxy) is 1.